The zero-order valence-electron chi connectivity index (χ0n) is 15.9. The van der Waals surface area contributed by atoms with E-state index in [1.807, 2.05) is 12.1 Å². The number of halogens is 1. The number of carbonyl (C=O) groups excluding carboxylic acids is 2. The normalized spacial score (nSPS) is 12.2. The van der Waals surface area contributed by atoms with Crippen LogP contribution in [0, 0.1) is 17.1 Å². The van der Waals surface area contributed by atoms with E-state index in [-0.39, 0.29) is 11.3 Å². The number of ether oxygens (including phenoxy) is 1. The molecule has 0 aliphatic rings. The number of para-hydroxylation sites is 1. The van der Waals surface area contributed by atoms with Crippen LogP contribution >= 0.6 is 0 Å². The van der Waals surface area contributed by atoms with Crippen molar-refractivity contribution in [3.8, 4) is 6.07 Å². The molecule has 28 heavy (non-hydrogen) atoms. The minimum atomic E-state index is -1.20. The van der Waals surface area contributed by atoms with E-state index in [9.17, 15) is 19.2 Å². The fourth-order valence-electron chi connectivity index (χ4n) is 2.36. The molecule has 1 N–H and O–H groups in total. The second-order valence-electron chi connectivity index (χ2n) is 6.51. The van der Waals surface area contributed by atoms with Crippen LogP contribution in [-0.4, -0.2) is 18.0 Å². The zero-order valence-corrected chi connectivity index (χ0v) is 15.9. The Kier molecular flexibility index (Phi) is 7.05. The number of rotatable bonds is 6. The van der Waals surface area contributed by atoms with Crippen molar-refractivity contribution in [1.29, 1.82) is 5.26 Å². The second-order valence-corrected chi connectivity index (χ2v) is 6.51. The molecule has 0 saturated heterocycles. The van der Waals surface area contributed by atoms with Crippen LogP contribution in [-0.2, 0) is 14.3 Å². The Hall–Kier alpha value is -3.46. The average molecular weight is 380 g/mol. The molecule has 0 aliphatic carbocycles. The molecule has 0 spiro atoms. The fraction of sp³-hybridized carbons (Fsp3) is 0.227. The van der Waals surface area contributed by atoms with Gasteiger partial charge in [-0.15, -0.1) is 0 Å². The molecular formula is C22H21FN2O3. The number of esters is 1. The molecule has 5 nitrogen and oxygen atoms in total. The van der Waals surface area contributed by atoms with Gasteiger partial charge in [-0.3, -0.25) is 4.79 Å². The van der Waals surface area contributed by atoms with Crippen LogP contribution in [0.4, 0.5) is 10.1 Å². The van der Waals surface area contributed by atoms with Gasteiger partial charge >= 0.3 is 5.97 Å². The molecule has 1 amide bonds. The summed E-state index contributed by atoms with van der Waals surface area (Å²) in [4.78, 5) is 24.3. The first-order valence-electron chi connectivity index (χ1n) is 8.80. The molecule has 0 fully saturated rings. The lowest BCUT2D eigenvalue weighted by molar-refractivity contribution is -0.148. The summed E-state index contributed by atoms with van der Waals surface area (Å²) >= 11 is 0. The number of benzene rings is 2. The van der Waals surface area contributed by atoms with Gasteiger partial charge in [0.15, 0.2) is 6.10 Å². The summed E-state index contributed by atoms with van der Waals surface area (Å²) in [6.07, 6.45) is 0.195. The summed E-state index contributed by atoms with van der Waals surface area (Å²) in [6.45, 7) is 5.48. The van der Waals surface area contributed by atoms with Gasteiger partial charge in [-0.25, -0.2) is 9.18 Å². The van der Waals surface area contributed by atoms with Gasteiger partial charge in [0.05, 0.1) is 5.69 Å². The van der Waals surface area contributed by atoms with Gasteiger partial charge in [-0.05, 0) is 42.2 Å². The molecule has 2 rings (SSSR count). The van der Waals surface area contributed by atoms with Crippen LogP contribution in [0.3, 0.4) is 0 Å². The van der Waals surface area contributed by atoms with Crippen LogP contribution in [0.25, 0.3) is 6.08 Å². The standard InChI is InChI=1S/C22H21FN2O3/c1-14(2)17-10-8-16(9-11-17)12-18(13-24)22(27)28-15(3)21(26)25-20-7-5-4-6-19(20)23/h4-12,14-15H,1-3H3,(H,25,26)/b18-12+/t15-/m1/s1. The van der Waals surface area contributed by atoms with Crippen molar-refractivity contribution < 1.29 is 18.7 Å². The number of hydrogen-bond donors (Lipinski definition) is 1. The van der Waals surface area contributed by atoms with Gasteiger partial charge in [-0.1, -0.05) is 50.2 Å². The molecule has 0 heterocycles. The topological polar surface area (TPSA) is 79.2 Å². The number of carbonyl (C=O) groups is 2. The van der Waals surface area contributed by atoms with Gasteiger partial charge in [0, 0.05) is 0 Å². The van der Waals surface area contributed by atoms with E-state index in [0.717, 1.165) is 5.56 Å². The quantitative estimate of drug-likeness (QED) is 0.457. The Morgan fingerprint density at radius 1 is 1.11 bits per heavy atom. The summed E-state index contributed by atoms with van der Waals surface area (Å²) in [7, 11) is 0. The third kappa shape index (κ3) is 5.52. The molecule has 0 aromatic heterocycles. The van der Waals surface area contributed by atoms with E-state index in [4.69, 9.17) is 4.74 Å². The summed E-state index contributed by atoms with van der Waals surface area (Å²) in [5, 5.41) is 11.6. The number of anilines is 1. The number of nitriles is 1. The molecule has 0 saturated carbocycles. The molecular weight excluding hydrogens is 359 g/mol. The fourth-order valence-corrected chi connectivity index (χ4v) is 2.36. The Labute approximate surface area is 163 Å². The van der Waals surface area contributed by atoms with Crippen molar-refractivity contribution in [1.82, 2.24) is 0 Å². The van der Waals surface area contributed by atoms with Gasteiger partial charge < -0.3 is 10.1 Å². The minimum absolute atomic E-state index is 0.0170. The molecule has 2 aromatic rings. The maximum absolute atomic E-state index is 13.6. The van der Waals surface area contributed by atoms with Crippen LogP contribution < -0.4 is 5.32 Å². The van der Waals surface area contributed by atoms with Crippen molar-refractivity contribution in [2.75, 3.05) is 5.32 Å². The predicted octanol–water partition coefficient (Wildman–Crippen LogP) is 4.43. The Bertz CT molecular complexity index is 928. The lowest BCUT2D eigenvalue weighted by Gasteiger charge is -2.13. The van der Waals surface area contributed by atoms with E-state index >= 15 is 0 Å². The summed E-state index contributed by atoms with van der Waals surface area (Å²) in [6, 6.07) is 14.9. The third-order valence-electron chi connectivity index (χ3n) is 4.04. The van der Waals surface area contributed by atoms with E-state index < -0.39 is 23.8 Å². The number of nitrogens with zero attached hydrogens (tertiary/aromatic N) is 1. The lowest BCUT2D eigenvalue weighted by Crippen LogP contribution is -2.30. The lowest BCUT2D eigenvalue weighted by atomic mass is 10.0. The first kappa shape index (κ1) is 20.8. The van der Waals surface area contributed by atoms with E-state index in [0.29, 0.717) is 11.5 Å². The largest absolute Gasteiger partial charge is 0.448 e. The SMILES string of the molecule is CC(C)c1ccc(/C=C(\C#N)C(=O)O[C@H](C)C(=O)Nc2ccccc2F)cc1. The molecule has 144 valence electrons. The van der Waals surface area contributed by atoms with Crippen molar-refractivity contribution in [2.45, 2.75) is 32.8 Å². The second kappa shape index (κ2) is 9.47. The molecule has 6 heteroatoms. The predicted molar refractivity (Wildman–Crippen MR) is 105 cm³/mol. The van der Waals surface area contributed by atoms with Crippen molar-refractivity contribution in [3.05, 3.63) is 71.0 Å². The highest BCUT2D eigenvalue weighted by Crippen LogP contribution is 2.17. The van der Waals surface area contributed by atoms with E-state index in [1.54, 1.807) is 24.3 Å². The maximum Gasteiger partial charge on any atom is 0.349 e. The maximum atomic E-state index is 13.6. The molecule has 0 aliphatic heterocycles. The summed E-state index contributed by atoms with van der Waals surface area (Å²) in [5.41, 5.74) is 1.55. The molecule has 0 bridgehead atoms. The molecule has 0 radical (unpaired) electrons. The van der Waals surface area contributed by atoms with Crippen LogP contribution in [0.5, 0.6) is 0 Å². The molecule has 1 atom stereocenters. The highest BCUT2D eigenvalue weighted by Gasteiger charge is 2.21. The van der Waals surface area contributed by atoms with Crippen LogP contribution in [0.15, 0.2) is 54.1 Å². The highest BCUT2D eigenvalue weighted by molar-refractivity contribution is 6.01. The van der Waals surface area contributed by atoms with Gasteiger partial charge in [0.1, 0.15) is 17.5 Å². The first-order valence-corrected chi connectivity index (χ1v) is 8.80. The minimum Gasteiger partial charge on any atom is -0.448 e. The smallest absolute Gasteiger partial charge is 0.349 e. The van der Waals surface area contributed by atoms with E-state index in [2.05, 4.69) is 19.2 Å². The van der Waals surface area contributed by atoms with Crippen LogP contribution in [0.1, 0.15) is 37.8 Å². The monoisotopic (exact) mass is 380 g/mol. The summed E-state index contributed by atoms with van der Waals surface area (Å²) in [5.74, 6) is -1.85. The Morgan fingerprint density at radius 2 is 1.75 bits per heavy atom. The Morgan fingerprint density at radius 3 is 2.32 bits per heavy atom. The molecule has 2 aromatic carbocycles. The van der Waals surface area contributed by atoms with Gasteiger partial charge in [0.2, 0.25) is 0 Å². The first-order chi connectivity index (χ1) is 13.3. The van der Waals surface area contributed by atoms with E-state index in [1.165, 1.54) is 31.2 Å². The van der Waals surface area contributed by atoms with Crippen molar-refractivity contribution in [2.24, 2.45) is 0 Å². The van der Waals surface area contributed by atoms with Gasteiger partial charge in [0.25, 0.3) is 5.91 Å². The number of amides is 1. The summed E-state index contributed by atoms with van der Waals surface area (Å²) < 4.78 is 18.7. The number of hydrogen-bond acceptors (Lipinski definition) is 4. The zero-order chi connectivity index (χ0) is 20.7. The van der Waals surface area contributed by atoms with Crippen molar-refractivity contribution in [3.63, 3.8) is 0 Å². The Balaban J connectivity index is 2.05. The third-order valence-corrected chi connectivity index (χ3v) is 4.04. The van der Waals surface area contributed by atoms with Crippen LogP contribution in [0.2, 0.25) is 0 Å². The average Bonchev–Trinajstić information content (AvgIpc) is 2.67. The van der Waals surface area contributed by atoms with Gasteiger partial charge in [-0.2, -0.15) is 5.26 Å². The molecule has 0 unspecified atom stereocenters. The number of nitrogens with one attached hydrogen (secondary N) is 1. The highest BCUT2D eigenvalue weighted by atomic mass is 19.1. The van der Waals surface area contributed by atoms with Crippen molar-refractivity contribution >= 4 is 23.6 Å².